The molecule has 0 radical (unpaired) electrons. The van der Waals surface area contributed by atoms with Gasteiger partial charge in [0, 0.05) is 11.6 Å². The number of hydrogen-bond acceptors (Lipinski definition) is 3. The molecule has 0 amide bonds. The molecule has 3 heteroatoms. The Balaban J connectivity index is 3.04. The summed E-state index contributed by atoms with van der Waals surface area (Å²) in [6.07, 6.45) is 1.63. The first-order valence-electron chi connectivity index (χ1n) is 3.15. The van der Waals surface area contributed by atoms with Gasteiger partial charge in [0.2, 0.25) is 0 Å². The van der Waals surface area contributed by atoms with Crippen LogP contribution in [0.5, 0.6) is 0 Å². The molecule has 0 aliphatic heterocycles. The molecule has 1 atom stereocenters. The van der Waals surface area contributed by atoms with Crippen LogP contribution in [-0.2, 0) is 0 Å². The summed E-state index contributed by atoms with van der Waals surface area (Å²) in [5.41, 5.74) is 6.52. The molecule has 56 valence electrons. The van der Waals surface area contributed by atoms with E-state index in [-0.39, 0.29) is 6.04 Å². The van der Waals surface area contributed by atoms with Crippen LogP contribution in [0.3, 0.4) is 0 Å². The van der Waals surface area contributed by atoms with Crippen LogP contribution in [0.4, 0.5) is 0 Å². The van der Waals surface area contributed by atoms with Gasteiger partial charge in [0.05, 0.1) is 0 Å². The zero-order valence-electron chi connectivity index (χ0n) is 5.95. The van der Waals surface area contributed by atoms with Gasteiger partial charge in [0.1, 0.15) is 10.9 Å². The highest BCUT2D eigenvalue weighted by atomic mass is 32.1. The molecule has 0 aromatic carbocycles. The van der Waals surface area contributed by atoms with Gasteiger partial charge in [-0.15, -0.1) is 17.9 Å². The maximum Gasteiger partial charge on any atom is 0.110 e. The van der Waals surface area contributed by atoms with Gasteiger partial charge in [-0.1, -0.05) is 6.08 Å². The van der Waals surface area contributed by atoms with Gasteiger partial charge in [0.15, 0.2) is 0 Å². The lowest BCUT2D eigenvalue weighted by Gasteiger charge is -2.01. The predicted octanol–water partition coefficient (Wildman–Crippen LogP) is 1.81. The molecule has 0 fully saturated rings. The van der Waals surface area contributed by atoms with Crippen molar-refractivity contribution in [3.8, 4) is 6.07 Å². The van der Waals surface area contributed by atoms with Crippen molar-refractivity contribution in [2.24, 2.45) is 5.73 Å². The molecule has 0 spiro atoms. The van der Waals surface area contributed by atoms with Crippen molar-refractivity contribution in [3.05, 3.63) is 34.5 Å². The highest BCUT2D eigenvalue weighted by Gasteiger charge is 2.07. The molecule has 0 aliphatic rings. The number of nitrogens with zero attached hydrogens (tertiary/aromatic N) is 1. The zero-order valence-corrected chi connectivity index (χ0v) is 6.77. The third-order valence-corrected chi connectivity index (χ3v) is 2.25. The van der Waals surface area contributed by atoms with Crippen molar-refractivity contribution in [3.63, 3.8) is 0 Å². The summed E-state index contributed by atoms with van der Waals surface area (Å²) in [4.78, 5) is 0.678. The monoisotopic (exact) mass is 164 g/mol. The summed E-state index contributed by atoms with van der Waals surface area (Å²) in [6.45, 7) is 3.56. The van der Waals surface area contributed by atoms with Crippen LogP contribution < -0.4 is 5.73 Å². The van der Waals surface area contributed by atoms with Crippen LogP contribution in [0.1, 0.15) is 16.5 Å². The summed E-state index contributed by atoms with van der Waals surface area (Å²) in [6, 6.07) is 3.73. The lowest BCUT2D eigenvalue weighted by Crippen LogP contribution is -2.06. The first kappa shape index (κ1) is 7.99. The van der Waals surface area contributed by atoms with Crippen LogP contribution in [0, 0.1) is 11.3 Å². The summed E-state index contributed by atoms with van der Waals surface area (Å²) < 4.78 is 0. The molecule has 1 rings (SSSR count). The lowest BCUT2D eigenvalue weighted by atomic mass is 10.1. The van der Waals surface area contributed by atoms with Gasteiger partial charge in [-0.25, -0.2) is 0 Å². The van der Waals surface area contributed by atoms with Gasteiger partial charge in [-0.05, 0) is 11.4 Å². The summed E-state index contributed by atoms with van der Waals surface area (Å²) in [5, 5.41) is 10.5. The maximum atomic E-state index is 8.62. The molecule has 11 heavy (non-hydrogen) atoms. The SMILES string of the molecule is C=C[C@H](N)c1ccsc1C#N. The minimum absolute atomic E-state index is 0.212. The van der Waals surface area contributed by atoms with Crippen LogP contribution in [-0.4, -0.2) is 0 Å². The van der Waals surface area contributed by atoms with E-state index in [0.717, 1.165) is 5.56 Å². The number of rotatable bonds is 2. The minimum Gasteiger partial charge on any atom is -0.321 e. The van der Waals surface area contributed by atoms with Crippen molar-refractivity contribution in [2.45, 2.75) is 6.04 Å². The molecule has 1 heterocycles. The van der Waals surface area contributed by atoms with Crippen LogP contribution in [0.15, 0.2) is 24.1 Å². The molecular formula is C8H8N2S. The average molecular weight is 164 g/mol. The first-order valence-corrected chi connectivity index (χ1v) is 4.03. The van der Waals surface area contributed by atoms with E-state index in [4.69, 9.17) is 11.0 Å². The third kappa shape index (κ3) is 1.48. The Morgan fingerprint density at radius 2 is 2.55 bits per heavy atom. The van der Waals surface area contributed by atoms with Crippen molar-refractivity contribution in [1.29, 1.82) is 5.26 Å². The van der Waals surface area contributed by atoms with E-state index < -0.39 is 0 Å². The Labute approximate surface area is 69.6 Å². The quantitative estimate of drug-likeness (QED) is 0.677. The van der Waals surface area contributed by atoms with Gasteiger partial charge in [-0.3, -0.25) is 0 Å². The molecule has 2 N–H and O–H groups in total. The van der Waals surface area contributed by atoms with E-state index in [1.165, 1.54) is 11.3 Å². The van der Waals surface area contributed by atoms with Crippen molar-refractivity contribution < 1.29 is 0 Å². The van der Waals surface area contributed by atoms with E-state index in [1.54, 1.807) is 6.08 Å². The van der Waals surface area contributed by atoms with Gasteiger partial charge in [0.25, 0.3) is 0 Å². The van der Waals surface area contributed by atoms with E-state index in [1.807, 2.05) is 11.4 Å². The molecule has 2 nitrogen and oxygen atoms in total. The van der Waals surface area contributed by atoms with Crippen molar-refractivity contribution in [1.82, 2.24) is 0 Å². The zero-order chi connectivity index (χ0) is 8.27. The molecule has 0 saturated carbocycles. The summed E-state index contributed by atoms with van der Waals surface area (Å²) in [5.74, 6) is 0. The second-order valence-electron chi connectivity index (χ2n) is 2.08. The summed E-state index contributed by atoms with van der Waals surface area (Å²) in [7, 11) is 0. The van der Waals surface area contributed by atoms with Gasteiger partial charge < -0.3 is 5.73 Å². The Hall–Kier alpha value is -1.11. The molecule has 0 unspecified atom stereocenters. The molecule has 0 bridgehead atoms. The van der Waals surface area contributed by atoms with Crippen molar-refractivity contribution in [2.75, 3.05) is 0 Å². The molecule has 1 aromatic heterocycles. The average Bonchev–Trinajstić information content (AvgIpc) is 2.50. The maximum absolute atomic E-state index is 8.62. The van der Waals surface area contributed by atoms with Crippen LogP contribution >= 0.6 is 11.3 Å². The number of thiophene rings is 1. The predicted molar refractivity (Wildman–Crippen MR) is 46.2 cm³/mol. The highest BCUT2D eigenvalue weighted by Crippen LogP contribution is 2.21. The fourth-order valence-corrected chi connectivity index (χ4v) is 1.54. The van der Waals surface area contributed by atoms with E-state index in [0.29, 0.717) is 4.88 Å². The Morgan fingerprint density at radius 1 is 1.82 bits per heavy atom. The lowest BCUT2D eigenvalue weighted by molar-refractivity contribution is 0.917. The smallest absolute Gasteiger partial charge is 0.110 e. The summed E-state index contributed by atoms with van der Waals surface area (Å²) >= 11 is 1.40. The fraction of sp³-hybridized carbons (Fsp3) is 0.125. The molecule has 0 aliphatic carbocycles. The van der Waals surface area contributed by atoms with E-state index >= 15 is 0 Å². The highest BCUT2D eigenvalue weighted by molar-refractivity contribution is 7.10. The topological polar surface area (TPSA) is 49.8 Å². The Bertz CT molecular complexity index is 295. The third-order valence-electron chi connectivity index (χ3n) is 1.41. The van der Waals surface area contributed by atoms with E-state index in [2.05, 4.69) is 12.6 Å². The second kappa shape index (κ2) is 3.33. The second-order valence-corrected chi connectivity index (χ2v) is 2.99. The first-order chi connectivity index (χ1) is 5.29. The Kier molecular flexibility index (Phi) is 2.42. The number of nitriles is 1. The molecule has 0 saturated heterocycles. The standard InChI is InChI=1S/C8H8N2S/c1-2-7(10)6-3-4-11-8(6)5-9/h2-4,7H,1,10H2/t7-/m0/s1. The Morgan fingerprint density at radius 3 is 3.09 bits per heavy atom. The largest absolute Gasteiger partial charge is 0.321 e. The van der Waals surface area contributed by atoms with E-state index in [9.17, 15) is 0 Å². The minimum atomic E-state index is -0.212. The number of hydrogen-bond donors (Lipinski definition) is 1. The van der Waals surface area contributed by atoms with Crippen LogP contribution in [0.25, 0.3) is 0 Å². The normalized spacial score (nSPS) is 12.0. The number of nitrogens with two attached hydrogens (primary N) is 1. The van der Waals surface area contributed by atoms with Gasteiger partial charge in [-0.2, -0.15) is 5.26 Å². The van der Waals surface area contributed by atoms with Gasteiger partial charge >= 0.3 is 0 Å². The fourth-order valence-electron chi connectivity index (χ4n) is 0.799. The van der Waals surface area contributed by atoms with Crippen molar-refractivity contribution >= 4 is 11.3 Å². The van der Waals surface area contributed by atoms with Crippen LogP contribution in [0.2, 0.25) is 0 Å². The molecule has 1 aromatic rings. The molecular weight excluding hydrogens is 156 g/mol.